The third kappa shape index (κ3) is 4.87. The maximum Gasteiger partial charge on any atom is 0.269 e. The predicted molar refractivity (Wildman–Crippen MR) is 82.9 cm³/mol. The Balaban J connectivity index is 1.81. The third-order valence-corrected chi connectivity index (χ3v) is 3.44. The molecule has 6 heteroatoms. The molecule has 0 unspecified atom stereocenters. The SMILES string of the molecule is CCCCC(=O)Nc1ccc(C(=O)NNC(=O)C2CC2)cc1. The minimum Gasteiger partial charge on any atom is -0.326 e. The lowest BCUT2D eigenvalue weighted by atomic mass is 10.2. The van der Waals surface area contributed by atoms with Crippen molar-refractivity contribution in [1.29, 1.82) is 0 Å². The largest absolute Gasteiger partial charge is 0.326 e. The number of carbonyl (C=O) groups excluding carboxylic acids is 3. The van der Waals surface area contributed by atoms with E-state index in [0.717, 1.165) is 25.7 Å². The molecule has 1 saturated carbocycles. The maximum atomic E-state index is 11.9. The Morgan fingerprint density at radius 3 is 2.36 bits per heavy atom. The van der Waals surface area contributed by atoms with Gasteiger partial charge in [-0.3, -0.25) is 25.2 Å². The first-order chi connectivity index (χ1) is 10.6. The van der Waals surface area contributed by atoms with E-state index in [2.05, 4.69) is 16.2 Å². The lowest BCUT2D eigenvalue weighted by molar-refractivity contribution is -0.123. The maximum absolute atomic E-state index is 11.9. The Bertz CT molecular complexity index is 550. The van der Waals surface area contributed by atoms with Crippen LogP contribution in [-0.2, 0) is 9.59 Å². The molecule has 1 fully saturated rings. The van der Waals surface area contributed by atoms with E-state index < -0.39 is 0 Å². The third-order valence-electron chi connectivity index (χ3n) is 3.44. The molecule has 1 aromatic carbocycles. The van der Waals surface area contributed by atoms with E-state index in [0.29, 0.717) is 17.7 Å². The van der Waals surface area contributed by atoms with Gasteiger partial charge in [0.1, 0.15) is 0 Å². The van der Waals surface area contributed by atoms with Gasteiger partial charge < -0.3 is 5.32 Å². The van der Waals surface area contributed by atoms with E-state index in [9.17, 15) is 14.4 Å². The highest BCUT2D eigenvalue weighted by atomic mass is 16.2. The highest BCUT2D eigenvalue weighted by Gasteiger charge is 2.29. The van der Waals surface area contributed by atoms with Gasteiger partial charge in [-0.25, -0.2) is 0 Å². The van der Waals surface area contributed by atoms with Gasteiger partial charge >= 0.3 is 0 Å². The molecular formula is C16H21N3O3. The van der Waals surface area contributed by atoms with E-state index >= 15 is 0 Å². The first-order valence-corrected chi connectivity index (χ1v) is 7.60. The number of hydrogen-bond donors (Lipinski definition) is 3. The number of carbonyl (C=O) groups is 3. The summed E-state index contributed by atoms with van der Waals surface area (Å²) >= 11 is 0. The Labute approximate surface area is 129 Å². The number of amides is 3. The number of unbranched alkanes of at least 4 members (excludes halogenated alkanes) is 1. The normalized spacial score (nSPS) is 13.3. The highest BCUT2D eigenvalue weighted by molar-refractivity contribution is 5.97. The molecule has 118 valence electrons. The second kappa shape index (κ2) is 7.59. The van der Waals surface area contributed by atoms with Gasteiger partial charge in [0.15, 0.2) is 0 Å². The molecule has 0 spiro atoms. The summed E-state index contributed by atoms with van der Waals surface area (Å²) in [6, 6.07) is 6.55. The number of rotatable bonds is 6. The van der Waals surface area contributed by atoms with Crippen LogP contribution in [0.5, 0.6) is 0 Å². The minimum atomic E-state index is -0.377. The molecule has 1 aromatic rings. The fraction of sp³-hybridized carbons (Fsp3) is 0.438. The molecular weight excluding hydrogens is 282 g/mol. The van der Waals surface area contributed by atoms with Gasteiger partial charge in [0.05, 0.1) is 0 Å². The first kappa shape index (κ1) is 16.0. The zero-order valence-electron chi connectivity index (χ0n) is 12.6. The lowest BCUT2D eigenvalue weighted by Crippen LogP contribution is -2.42. The Morgan fingerprint density at radius 2 is 1.77 bits per heavy atom. The van der Waals surface area contributed by atoms with Crippen molar-refractivity contribution in [2.75, 3.05) is 5.32 Å². The molecule has 1 aliphatic rings. The van der Waals surface area contributed by atoms with Crippen molar-refractivity contribution >= 4 is 23.4 Å². The van der Waals surface area contributed by atoms with Gasteiger partial charge in [0.2, 0.25) is 11.8 Å². The fourth-order valence-electron chi connectivity index (χ4n) is 1.90. The van der Waals surface area contributed by atoms with E-state index in [4.69, 9.17) is 0 Å². The summed E-state index contributed by atoms with van der Waals surface area (Å²) < 4.78 is 0. The molecule has 0 radical (unpaired) electrons. The number of benzene rings is 1. The molecule has 2 rings (SSSR count). The van der Waals surface area contributed by atoms with Crippen LogP contribution in [0.15, 0.2) is 24.3 Å². The molecule has 0 bridgehead atoms. The van der Waals surface area contributed by atoms with Crippen molar-refractivity contribution in [1.82, 2.24) is 10.9 Å². The highest BCUT2D eigenvalue weighted by Crippen LogP contribution is 2.28. The van der Waals surface area contributed by atoms with E-state index in [1.807, 2.05) is 6.92 Å². The summed E-state index contributed by atoms with van der Waals surface area (Å²) in [5, 5.41) is 2.78. The van der Waals surface area contributed by atoms with Crippen LogP contribution in [0.1, 0.15) is 49.4 Å². The van der Waals surface area contributed by atoms with Crippen molar-refractivity contribution in [3.63, 3.8) is 0 Å². The molecule has 6 nitrogen and oxygen atoms in total. The average molecular weight is 303 g/mol. The summed E-state index contributed by atoms with van der Waals surface area (Å²) in [5.74, 6) is -0.511. The van der Waals surface area contributed by atoms with Crippen molar-refractivity contribution in [3.8, 4) is 0 Å². The molecule has 0 heterocycles. The monoisotopic (exact) mass is 303 g/mol. The molecule has 0 atom stereocenters. The average Bonchev–Trinajstić information content (AvgIpc) is 3.36. The number of nitrogens with one attached hydrogen (secondary N) is 3. The zero-order valence-corrected chi connectivity index (χ0v) is 12.6. The number of hydrogen-bond acceptors (Lipinski definition) is 3. The molecule has 0 aromatic heterocycles. The summed E-state index contributed by atoms with van der Waals surface area (Å²) in [5.41, 5.74) is 5.86. The van der Waals surface area contributed by atoms with E-state index in [1.54, 1.807) is 24.3 Å². The van der Waals surface area contributed by atoms with Gasteiger partial charge in [-0.1, -0.05) is 13.3 Å². The Hall–Kier alpha value is -2.37. The molecule has 22 heavy (non-hydrogen) atoms. The van der Waals surface area contributed by atoms with Crippen LogP contribution in [-0.4, -0.2) is 17.7 Å². The molecule has 0 aliphatic heterocycles. The molecule has 0 saturated heterocycles. The predicted octanol–water partition coefficient (Wildman–Crippen LogP) is 1.99. The second-order valence-corrected chi connectivity index (χ2v) is 5.45. The van der Waals surface area contributed by atoms with Gasteiger partial charge in [0, 0.05) is 23.6 Å². The summed E-state index contributed by atoms with van der Waals surface area (Å²) in [7, 11) is 0. The Morgan fingerprint density at radius 1 is 1.09 bits per heavy atom. The van der Waals surface area contributed by atoms with Gasteiger partial charge in [0.25, 0.3) is 5.91 Å². The zero-order chi connectivity index (χ0) is 15.9. The standard InChI is InChI=1S/C16H21N3O3/c1-2-3-4-14(20)17-13-9-7-12(8-10-13)16(22)19-18-15(21)11-5-6-11/h7-11H,2-6H2,1H3,(H,17,20)(H,18,21)(H,19,22). The van der Waals surface area contributed by atoms with Crippen LogP contribution in [0, 0.1) is 5.92 Å². The van der Waals surface area contributed by atoms with Crippen LogP contribution in [0.2, 0.25) is 0 Å². The lowest BCUT2D eigenvalue weighted by Gasteiger charge is -2.08. The fourth-order valence-corrected chi connectivity index (χ4v) is 1.90. The van der Waals surface area contributed by atoms with Gasteiger partial charge in [-0.2, -0.15) is 0 Å². The van der Waals surface area contributed by atoms with Crippen molar-refractivity contribution in [2.24, 2.45) is 5.92 Å². The molecule has 3 amide bonds. The van der Waals surface area contributed by atoms with Crippen LogP contribution in [0.3, 0.4) is 0 Å². The van der Waals surface area contributed by atoms with Gasteiger partial charge in [-0.05, 0) is 43.5 Å². The van der Waals surface area contributed by atoms with Crippen LogP contribution in [0.25, 0.3) is 0 Å². The summed E-state index contributed by atoms with van der Waals surface area (Å²) in [6.45, 7) is 2.03. The smallest absolute Gasteiger partial charge is 0.269 e. The number of anilines is 1. The van der Waals surface area contributed by atoms with Crippen molar-refractivity contribution in [2.45, 2.75) is 39.0 Å². The number of hydrazine groups is 1. The van der Waals surface area contributed by atoms with Crippen LogP contribution >= 0.6 is 0 Å². The van der Waals surface area contributed by atoms with Crippen molar-refractivity contribution < 1.29 is 14.4 Å². The van der Waals surface area contributed by atoms with Crippen molar-refractivity contribution in [3.05, 3.63) is 29.8 Å². The van der Waals surface area contributed by atoms with E-state index in [-0.39, 0.29) is 23.6 Å². The minimum absolute atomic E-state index is 0.0317. The second-order valence-electron chi connectivity index (χ2n) is 5.45. The molecule has 3 N–H and O–H groups in total. The van der Waals surface area contributed by atoms with Crippen LogP contribution in [0.4, 0.5) is 5.69 Å². The summed E-state index contributed by atoms with van der Waals surface area (Å²) in [4.78, 5) is 34.9. The first-order valence-electron chi connectivity index (χ1n) is 7.60. The van der Waals surface area contributed by atoms with E-state index in [1.165, 1.54) is 0 Å². The van der Waals surface area contributed by atoms with Gasteiger partial charge in [-0.15, -0.1) is 0 Å². The quantitative estimate of drug-likeness (QED) is 0.702. The Kier molecular flexibility index (Phi) is 5.52. The van der Waals surface area contributed by atoms with Crippen LogP contribution < -0.4 is 16.2 Å². The summed E-state index contributed by atoms with van der Waals surface area (Å²) in [6.07, 6.45) is 4.08. The molecule has 1 aliphatic carbocycles. The topological polar surface area (TPSA) is 87.3 Å².